The average Bonchev–Trinajstić information content (AvgIpc) is 3.18. The van der Waals surface area contributed by atoms with Gasteiger partial charge in [0.1, 0.15) is 5.82 Å². The van der Waals surface area contributed by atoms with Gasteiger partial charge in [0, 0.05) is 55.1 Å². The van der Waals surface area contributed by atoms with E-state index in [0.717, 1.165) is 47.8 Å². The van der Waals surface area contributed by atoms with Gasteiger partial charge in [-0.2, -0.15) is 4.98 Å². The highest BCUT2D eigenvalue weighted by Crippen LogP contribution is 2.29. The van der Waals surface area contributed by atoms with Gasteiger partial charge in [-0.3, -0.25) is 9.78 Å². The van der Waals surface area contributed by atoms with Crippen molar-refractivity contribution in [1.82, 2.24) is 25.0 Å². The highest BCUT2D eigenvalue weighted by molar-refractivity contribution is 5.76. The van der Waals surface area contributed by atoms with Crippen LogP contribution in [0.3, 0.4) is 0 Å². The van der Waals surface area contributed by atoms with E-state index in [1.807, 2.05) is 36.9 Å². The summed E-state index contributed by atoms with van der Waals surface area (Å²) in [7, 11) is 0. The molecule has 8 nitrogen and oxygen atoms in total. The van der Waals surface area contributed by atoms with Crippen LogP contribution in [-0.2, 0) is 11.2 Å². The molecule has 0 aliphatic carbocycles. The Kier molecular flexibility index (Phi) is 6.25. The standard InChI is InChI=1S/C23H28N6O2/c1-15-6-4-10-24-23(15)27-19-12-16(2)25-20(13-19)18-7-5-11-29(14-18)22(30)9-8-21-26-17(3)28-31-21/h4,6,10,12-13,18H,5,7-9,11,14H2,1-3H3,(H,24,25,27). The number of likely N-dealkylation sites (tertiary alicyclic amines) is 1. The van der Waals surface area contributed by atoms with Crippen molar-refractivity contribution in [3.05, 3.63) is 59.1 Å². The number of carbonyl (C=O) groups excluding carboxylic acids is 1. The van der Waals surface area contributed by atoms with Crippen molar-refractivity contribution in [3.8, 4) is 0 Å². The van der Waals surface area contributed by atoms with Crippen molar-refractivity contribution in [2.24, 2.45) is 0 Å². The van der Waals surface area contributed by atoms with Gasteiger partial charge in [0.15, 0.2) is 5.82 Å². The molecule has 1 saturated heterocycles. The zero-order valence-corrected chi connectivity index (χ0v) is 18.3. The molecule has 0 radical (unpaired) electrons. The third-order valence-electron chi connectivity index (χ3n) is 5.56. The van der Waals surface area contributed by atoms with E-state index in [9.17, 15) is 4.79 Å². The van der Waals surface area contributed by atoms with Gasteiger partial charge >= 0.3 is 0 Å². The number of anilines is 2. The maximum absolute atomic E-state index is 12.8. The highest BCUT2D eigenvalue weighted by atomic mass is 16.5. The fraction of sp³-hybridized carbons (Fsp3) is 0.435. The molecule has 1 fully saturated rings. The Morgan fingerprint density at radius 3 is 2.90 bits per heavy atom. The van der Waals surface area contributed by atoms with Gasteiger partial charge in [-0.25, -0.2) is 4.98 Å². The molecule has 31 heavy (non-hydrogen) atoms. The molecule has 162 valence electrons. The van der Waals surface area contributed by atoms with Gasteiger partial charge in [0.25, 0.3) is 0 Å². The van der Waals surface area contributed by atoms with Crippen molar-refractivity contribution >= 4 is 17.4 Å². The minimum atomic E-state index is 0.121. The molecule has 3 aromatic rings. The number of pyridine rings is 2. The number of rotatable bonds is 6. The van der Waals surface area contributed by atoms with E-state index >= 15 is 0 Å². The predicted octanol–water partition coefficient (Wildman–Crippen LogP) is 3.87. The average molecular weight is 421 g/mol. The summed E-state index contributed by atoms with van der Waals surface area (Å²) >= 11 is 0. The van der Waals surface area contributed by atoms with Crippen LogP contribution in [0.25, 0.3) is 0 Å². The minimum Gasteiger partial charge on any atom is -0.342 e. The number of carbonyl (C=O) groups is 1. The van der Waals surface area contributed by atoms with Gasteiger partial charge in [-0.05, 0) is 57.4 Å². The summed E-state index contributed by atoms with van der Waals surface area (Å²) in [6, 6.07) is 8.07. The van der Waals surface area contributed by atoms with E-state index < -0.39 is 0 Å². The number of hydrogen-bond donors (Lipinski definition) is 1. The van der Waals surface area contributed by atoms with Crippen LogP contribution in [0.2, 0.25) is 0 Å². The van der Waals surface area contributed by atoms with Crippen LogP contribution in [-0.4, -0.2) is 44.0 Å². The zero-order chi connectivity index (χ0) is 21.8. The Morgan fingerprint density at radius 2 is 2.13 bits per heavy atom. The van der Waals surface area contributed by atoms with Gasteiger partial charge in [0.2, 0.25) is 11.8 Å². The Hall–Kier alpha value is -3.29. The first kappa shape index (κ1) is 21.0. The fourth-order valence-electron chi connectivity index (χ4n) is 3.99. The zero-order valence-electron chi connectivity index (χ0n) is 18.3. The van der Waals surface area contributed by atoms with Crippen molar-refractivity contribution in [1.29, 1.82) is 0 Å². The summed E-state index contributed by atoms with van der Waals surface area (Å²) in [6.45, 7) is 7.27. The van der Waals surface area contributed by atoms with Crippen molar-refractivity contribution in [3.63, 3.8) is 0 Å². The second kappa shape index (κ2) is 9.24. The molecule has 1 atom stereocenters. The molecule has 0 saturated carbocycles. The molecule has 8 heteroatoms. The summed E-state index contributed by atoms with van der Waals surface area (Å²) in [4.78, 5) is 28.1. The lowest BCUT2D eigenvalue weighted by Gasteiger charge is -2.33. The maximum atomic E-state index is 12.8. The maximum Gasteiger partial charge on any atom is 0.227 e. The Balaban J connectivity index is 1.43. The quantitative estimate of drug-likeness (QED) is 0.646. The van der Waals surface area contributed by atoms with Gasteiger partial charge in [-0.1, -0.05) is 11.2 Å². The molecule has 0 aromatic carbocycles. The third-order valence-corrected chi connectivity index (χ3v) is 5.56. The molecular weight excluding hydrogens is 392 g/mol. The van der Waals surface area contributed by atoms with E-state index in [2.05, 4.69) is 26.5 Å². The van der Waals surface area contributed by atoms with Crippen LogP contribution in [0, 0.1) is 20.8 Å². The fourth-order valence-corrected chi connectivity index (χ4v) is 3.99. The van der Waals surface area contributed by atoms with Crippen molar-refractivity contribution in [2.45, 2.75) is 52.4 Å². The summed E-state index contributed by atoms with van der Waals surface area (Å²) in [5, 5.41) is 7.19. The molecule has 1 aliphatic heterocycles. The number of nitrogens with one attached hydrogen (secondary N) is 1. The SMILES string of the molecule is Cc1cc(Nc2ncccc2C)cc(C2CCCN(C(=O)CCc3nc(C)no3)C2)n1. The number of aryl methyl sites for hydroxylation is 4. The van der Waals surface area contributed by atoms with Gasteiger partial charge in [-0.15, -0.1) is 0 Å². The summed E-state index contributed by atoms with van der Waals surface area (Å²) in [6.07, 6.45) is 4.62. The number of nitrogens with zero attached hydrogens (tertiary/aromatic N) is 5. The Morgan fingerprint density at radius 1 is 1.26 bits per heavy atom. The van der Waals surface area contributed by atoms with Gasteiger partial charge < -0.3 is 14.7 Å². The summed E-state index contributed by atoms with van der Waals surface area (Å²) in [5.74, 6) is 2.29. The summed E-state index contributed by atoms with van der Waals surface area (Å²) in [5.41, 5.74) is 4.02. The lowest BCUT2D eigenvalue weighted by molar-refractivity contribution is -0.132. The largest absolute Gasteiger partial charge is 0.342 e. The number of amides is 1. The van der Waals surface area contributed by atoms with E-state index in [-0.39, 0.29) is 11.8 Å². The van der Waals surface area contributed by atoms with Crippen LogP contribution in [0.1, 0.15) is 53.8 Å². The molecule has 0 bridgehead atoms. The molecule has 0 spiro atoms. The first-order valence-electron chi connectivity index (χ1n) is 10.7. The molecule has 4 heterocycles. The van der Waals surface area contributed by atoms with Crippen LogP contribution >= 0.6 is 0 Å². The second-order valence-corrected chi connectivity index (χ2v) is 8.13. The number of piperidine rings is 1. The number of hydrogen-bond acceptors (Lipinski definition) is 7. The van der Waals surface area contributed by atoms with Crippen LogP contribution in [0.4, 0.5) is 11.5 Å². The second-order valence-electron chi connectivity index (χ2n) is 8.13. The first-order valence-corrected chi connectivity index (χ1v) is 10.7. The molecule has 4 rings (SSSR count). The topological polar surface area (TPSA) is 97.0 Å². The van der Waals surface area contributed by atoms with E-state index in [1.165, 1.54) is 0 Å². The lowest BCUT2D eigenvalue weighted by atomic mass is 9.93. The van der Waals surface area contributed by atoms with Crippen molar-refractivity contribution in [2.75, 3.05) is 18.4 Å². The Labute approximate surface area is 182 Å². The smallest absolute Gasteiger partial charge is 0.227 e. The first-order chi connectivity index (χ1) is 15.0. The van der Waals surface area contributed by atoms with E-state index in [0.29, 0.717) is 31.1 Å². The van der Waals surface area contributed by atoms with Gasteiger partial charge in [0.05, 0.1) is 0 Å². The minimum absolute atomic E-state index is 0.121. The highest BCUT2D eigenvalue weighted by Gasteiger charge is 2.26. The molecule has 1 unspecified atom stereocenters. The van der Waals surface area contributed by atoms with Crippen LogP contribution < -0.4 is 5.32 Å². The molecule has 1 amide bonds. The Bertz CT molecular complexity index is 1060. The summed E-state index contributed by atoms with van der Waals surface area (Å²) < 4.78 is 5.12. The monoisotopic (exact) mass is 420 g/mol. The molecule has 1 N–H and O–H groups in total. The van der Waals surface area contributed by atoms with Crippen molar-refractivity contribution < 1.29 is 9.32 Å². The number of aromatic nitrogens is 4. The molecule has 3 aromatic heterocycles. The molecule has 1 aliphatic rings. The predicted molar refractivity (Wildman–Crippen MR) is 117 cm³/mol. The van der Waals surface area contributed by atoms with Crippen LogP contribution in [0.15, 0.2) is 35.0 Å². The van der Waals surface area contributed by atoms with E-state index in [4.69, 9.17) is 9.51 Å². The normalized spacial score (nSPS) is 16.4. The molecular formula is C23H28N6O2. The van der Waals surface area contributed by atoms with Crippen LogP contribution in [0.5, 0.6) is 0 Å². The lowest BCUT2D eigenvalue weighted by Crippen LogP contribution is -2.39. The third kappa shape index (κ3) is 5.25. The van der Waals surface area contributed by atoms with E-state index in [1.54, 1.807) is 13.1 Å².